The van der Waals surface area contributed by atoms with E-state index in [-0.39, 0.29) is 17.6 Å². The van der Waals surface area contributed by atoms with Gasteiger partial charge < -0.3 is 5.32 Å². The van der Waals surface area contributed by atoms with Gasteiger partial charge in [-0.2, -0.15) is 0 Å². The van der Waals surface area contributed by atoms with Gasteiger partial charge in [0, 0.05) is 24.9 Å². The molecule has 2 rings (SSSR count). The van der Waals surface area contributed by atoms with Crippen molar-refractivity contribution >= 4 is 10.0 Å². The average Bonchev–Trinajstić information content (AvgIpc) is 2.48. The molecule has 6 heteroatoms. The van der Waals surface area contributed by atoms with E-state index < -0.39 is 10.0 Å². The molecule has 0 saturated carbocycles. The fourth-order valence-corrected chi connectivity index (χ4v) is 4.47. The Labute approximate surface area is 134 Å². The van der Waals surface area contributed by atoms with E-state index >= 15 is 0 Å². The standard InChI is InChI=1S/C16H27N3O2S/c1-13(2)16(15-4-3-7-18-10-15)11-19-22(20,21)12-14-5-8-17-9-6-14/h3-4,7,10,13-14,16-17,19H,5-6,8-9,11-12H2,1-2H3. The molecule has 1 aliphatic rings. The molecule has 1 fully saturated rings. The van der Waals surface area contributed by atoms with Gasteiger partial charge in [-0.3, -0.25) is 4.98 Å². The van der Waals surface area contributed by atoms with Crippen molar-refractivity contribution in [2.24, 2.45) is 11.8 Å². The fourth-order valence-electron chi connectivity index (χ4n) is 2.97. The summed E-state index contributed by atoms with van der Waals surface area (Å²) in [5.41, 5.74) is 1.09. The Hall–Kier alpha value is -0.980. The number of piperidine rings is 1. The minimum absolute atomic E-state index is 0.150. The van der Waals surface area contributed by atoms with Gasteiger partial charge >= 0.3 is 0 Å². The smallest absolute Gasteiger partial charge is 0.211 e. The molecule has 2 N–H and O–H groups in total. The highest BCUT2D eigenvalue weighted by molar-refractivity contribution is 7.89. The molecule has 1 aliphatic heterocycles. The number of nitrogens with zero attached hydrogens (tertiary/aromatic N) is 1. The average molecular weight is 325 g/mol. The fraction of sp³-hybridized carbons (Fsp3) is 0.688. The molecule has 1 atom stereocenters. The van der Waals surface area contributed by atoms with E-state index in [9.17, 15) is 8.42 Å². The molecular formula is C16H27N3O2S. The molecular weight excluding hydrogens is 298 g/mol. The van der Waals surface area contributed by atoms with E-state index in [1.807, 2.05) is 18.3 Å². The van der Waals surface area contributed by atoms with Gasteiger partial charge in [0.15, 0.2) is 0 Å². The van der Waals surface area contributed by atoms with Crippen LogP contribution in [0.4, 0.5) is 0 Å². The Morgan fingerprint density at radius 3 is 2.68 bits per heavy atom. The first-order chi connectivity index (χ1) is 10.5. The van der Waals surface area contributed by atoms with Gasteiger partial charge in [-0.25, -0.2) is 13.1 Å². The number of sulfonamides is 1. The predicted molar refractivity (Wildman–Crippen MR) is 89.2 cm³/mol. The van der Waals surface area contributed by atoms with Crippen LogP contribution in [-0.2, 0) is 10.0 Å². The molecule has 22 heavy (non-hydrogen) atoms. The molecule has 0 aromatic carbocycles. The lowest BCUT2D eigenvalue weighted by molar-refractivity contribution is 0.399. The van der Waals surface area contributed by atoms with Crippen LogP contribution in [-0.4, -0.2) is 38.8 Å². The summed E-state index contributed by atoms with van der Waals surface area (Å²) >= 11 is 0. The van der Waals surface area contributed by atoms with Gasteiger partial charge in [-0.05, 0) is 49.4 Å². The van der Waals surface area contributed by atoms with E-state index in [0.29, 0.717) is 12.5 Å². The van der Waals surface area contributed by atoms with Crippen molar-refractivity contribution in [1.82, 2.24) is 15.0 Å². The third kappa shape index (κ3) is 5.34. The van der Waals surface area contributed by atoms with Crippen LogP contribution in [0.15, 0.2) is 24.5 Å². The Balaban J connectivity index is 1.93. The summed E-state index contributed by atoms with van der Waals surface area (Å²) in [5.74, 6) is 1.02. The summed E-state index contributed by atoms with van der Waals surface area (Å²) < 4.78 is 27.4. The first-order valence-corrected chi connectivity index (χ1v) is 9.71. The lowest BCUT2D eigenvalue weighted by Gasteiger charge is -2.24. The first kappa shape index (κ1) is 17.4. The molecule has 1 aromatic heterocycles. The second-order valence-corrected chi connectivity index (χ2v) is 8.31. The summed E-state index contributed by atoms with van der Waals surface area (Å²) in [5, 5.41) is 3.26. The van der Waals surface area contributed by atoms with Gasteiger partial charge in [0.1, 0.15) is 0 Å². The molecule has 1 unspecified atom stereocenters. The van der Waals surface area contributed by atoms with Crippen LogP contribution in [0.5, 0.6) is 0 Å². The SMILES string of the molecule is CC(C)C(CNS(=O)(=O)CC1CCNCC1)c1cccnc1. The Morgan fingerprint density at radius 1 is 1.36 bits per heavy atom. The van der Waals surface area contributed by atoms with Gasteiger partial charge in [-0.15, -0.1) is 0 Å². The number of hydrogen-bond acceptors (Lipinski definition) is 4. The number of pyridine rings is 1. The first-order valence-electron chi connectivity index (χ1n) is 8.06. The van der Waals surface area contributed by atoms with Gasteiger partial charge in [0.25, 0.3) is 0 Å². The van der Waals surface area contributed by atoms with Crippen molar-refractivity contribution in [1.29, 1.82) is 0 Å². The zero-order chi connectivity index (χ0) is 16.0. The number of nitrogens with one attached hydrogen (secondary N) is 2. The minimum atomic E-state index is -3.22. The molecule has 0 spiro atoms. The second-order valence-electron chi connectivity index (χ2n) is 6.46. The van der Waals surface area contributed by atoms with E-state index in [4.69, 9.17) is 0 Å². The van der Waals surface area contributed by atoms with Crippen molar-refractivity contribution in [2.45, 2.75) is 32.6 Å². The summed E-state index contributed by atoms with van der Waals surface area (Å²) in [4.78, 5) is 4.14. The molecule has 5 nitrogen and oxygen atoms in total. The zero-order valence-corrected chi connectivity index (χ0v) is 14.3. The molecule has 0 radical (unpaired) electrons. The molecule has 1 aromatic rings. The minimum Gasteiger partial charge on any atom is -0.317 e. The summed E-state index contributed by atoms with van der Waals surface area (Å²) in [7, 11) is -3.22. The van der Waals surface area contributed by atoms with Crippen LogP contribution in [0.2, 0.25) is 0 Å². The van der Waals surface area contributed by atoms with Crippen LogP contribution >= 0.6 is 0 Å². The molecule has 2 heterocycles. The number of rotatable bonds is 7. The third-order valence-electron chi connectivity index (χ3n) is 4.35. The topological polar surface area (TPSA) is 71.1 Å². The van der Waals surface area contributed by atoms with Crippen molar-refractivity contribution < 1.29 is 8.42 Å². The summed E-state index contributed by atoms with van der Waals surface area (Å²) in [6.45, 7) is 6.50. The monoisotopic (exact) mass is 325 g/mol. The predicted octanol–water partition coefficient (Wildman–Crippen LogP) is 1.74. The largest absolute Gasteiger partial charge is 0.317 e. The van der Waals surface area contributed by atoms with Crippen LogP contribution < -0.4 is 10.0 Å². The van der Waals surface area contributed by atoms with E-state index in [1.165, 1.54) is 0 Å². The summed E-state index contributed by atoms with van der Waals surface area (Å²) in [6, 6.07) is 3.91. The number of aromatic nitrogens is 1. The highest BCUT2D eigenvalue weighted by atomic mass is 32.2. The number of hydrogen-bond donors (Lipinski definition) is 2. The van der Waals surface area contributed by atoms with Crippen molar-refractivity contribution in [3.63, 3.8) is 0 Å². The van der Waals surface area contributed by atoms with E-state index in [1.54, 1.807) is 6.20 Å². The second kappa shape index (κ2) is 8.04. The zero-order valence-electron chi connectivity index (χ0n) is 13.5. The summed E-state index contributed by atoms with van der Waals surface area (Å²) in [6.07, 6.45) is 5.45. The van der Waals surface area contributed by atoms with Crippen molar-refractivity contribution in [2.75, 3.05) is 25.4 Å². The van der Waals surface area contributed by atoms with Crippen molar-refractivity contribution in [3.05, 3.63) is 30.1 Å². The highest BCUT2D eigenvalue weighted by Crippen LogP contribution is 2.23. The Morgan fingerprint density at radius 2 is 2.09 bits per heavy atom. The van der Waals surface area contributed by atoms with E-state index in [2.05, 4.69) is 28.9 Å². The quantitative estimate of drug-likeness (QED) is 0.801. The van der Waals surface area contributed by atoms with Gasteiger partial charge in [0.2, 0.25) is 10.0 Å². The van der Waals surface area contributed by atoms with Gasteiger partial charge in [0.05, 0.1) is 5.75 Å². The molecule has 124 valence electrons. The lowest BCUT2D eigenvalue weighted by Crippen LogP contribution is -2.37. The molecule has 0 amide bonds. The maximum absolute atomic E-state index is 12.3. The Bertz CT molecular complexity index is 540. The lowest BCUT2D eigenvalue weighted by atomic mass is 9.90. The molecule has 1 saturated heterocycles. The molecule has 0 aliphatic carbocycles. The third-order valence-corrected chi connectivity index (χ3v) is 5.87. The van der Waals surface area contributed by atoms with Crippen LogP contribution in [0.1, 0.15) is 38.2 Å². The Kier molecular flexibility index (Phi) is 6.35. The highest BCUT2D eigenvalue weighted by Gasteiger charge is 2.23. The van der Waals surface area contributed by atoms with Crippen LogP contribution in [0.3, 0.4) is 0 Å². The molecule has 0 bridgehead atoms. The normalized spacial score (nSPS) is 18.5. The van der Waals surface area contributed by atoms with Crippen LogP contribution in [0.25, 0.3) is 0 Å². The van der Waals surface area contributed by atoms with Crippen molar-refractivity contribution in [3.8, 4) is 0 Å². The van der Waals surface area contributed by atoms with Crippen LogP contribution in [0, 0.1) is 11.8 Å². The van der Waals surface area contributed by atoms with Gasteiger partial charge in [-0.1, -0.05) is 19.9 Å². The maximum atomic E-state index is 12.3. The van der Waals surface area contributed by atoms with E-state index in [0.717, 1.165) is 31.5 Å². The maximum Gasteiger partial charge on any atom is 0.211 e.